The van der Waals surface area contributed by atoms with Crippen LogP contribution < -0.4 is 14.8 Å². The number of fused-ring (bicyclic) bond motifs is 2. The van der Waals surface area contributed by atoms with Crippen LogP contribution in [0.3, 0.4) is 0 Å². The zero-order valence-electron chi connectivity index (χ0n) is 10.9. The van der Waals surface area contributed by atoms with Crippen molar-refractivity contribution in [1.82, 2.24) is 15.2 Å². The highest BCUT2D eigenvalue weighted by molar-refractivity contribution is 6.07. The van der Waals surface area contributed by atoms with Crippen molar-refractivity contribution in [3.8, 4) is 11.5 Å². The molecule has 0 radical (unpaired) electrons. The van der Waals surface area contributed by atoms with E-state index in [4.69, 9.17) is 9.47 Å². The summed E-state index contributed by atoms with van der Waals surface area (Å²) < 4.78 is 10.7. The van der Waals surface area contributed by atoms with Crippen molar-refractivity contribution in [1.29, 1.82) is 0 Å². The highest BCUT2D eigenvalue weighted by Crippen LogP contribution is 2.37. The summed E-state index contributed by atoms with van der Waals surface area (Å²) >= 11 is 0. The topological polar surface area (TPSA) is 66.6 Å². The van der Waals surface area contributed by atoms with Gasteiger partial charge in [0.15, 0.2) is 11.5 Å². The molecule has 0 aliphatic carbocycles. The number of aromatic nitrogens is 1. The van der Waals surface area contributed by atoms with Gasteiger partial charge in [0.2, 0.25) is 6.79 Å². The molecule has 2 N–H and O–H groups in total. The van der Waals surface area contributed by atoms with Crippen LogP contribution >= 0.6 is 0 Å². The fraction of sp³-hybridized carbons (Fsp3) is 0.357. The van der Waals surface area contributed by atoms with Crippen LogP contribution in [0, 0.1) is 0 Å². The first-order valence-corrected chi connectivity index (χ1v) is 6.73. The lowest BCUT2D eigenvalue weighted by atomic mass is 10.1. The number of rotatable bonds is 1. The van der Waals surface area contributed by atoms with Gasteiger partial charge in [-0.2, -0.15) is 0 Å². The number of hydrogen-bond donors (Lipinski definition) is 2. The minimum atomic E-state index is 0.0663. The van der Waals surface area contributed by atoms with Gasteiger partial charge in [-0.3, -0.25) is 4.79 Å². The molecule has 1 fully saturated rings. The van der Waals surface area contributed by atoms with Crippen molar-refractivity contribution in [2.45, 2.75) is 0 Å². The Hall–Kier alpha value is -2.21. The monoisotopic (exact) mass is 273 g/mol. The van der Waals surface area contributed by atoms with Crippen LogP contribution in [0.2, 0.25) is 0 Å². The number of benzene rings is 1. The number of carbonyl (C=O) groups is 1. The van der Waals surface area contributed by atoms with Crippen molar-refractivity contribution in [2.24, 2.45) is 0 Å². The third-order valence-electron chi connectivity index (χ3n) is 3.81. The maximum atomic E-state index is 12.6. The summed E-state index contributed by atoms with van der Waals surface area (Å²) in [5.41, 5.74) is 1.59. The van der Waals surface area contributed by atoms with Crippen molar-refractivity contribution in [2.75, 3.05) is 33.0 Å². The fourth-order valence-corrected chi connectivity index (χ4v) is 2.73. The lowest BCUT2D eigenvalue weighted by Crippen LogP contribution is -2.46. The molecule has 2 aliphatic rings. The molecule has 1 aromatic heterocycles. The van der Waals surface area contributed by atoms with E-state index in [9.17, 15) is 4.79 Å². The Morgan fingerprint density at radius 1 is 1.15 bits per heavy atom. The molecule has 0 spiro atoms. The molecule has 4 rings (SSSR count). The molecule has 6 nitrogen and oxygen atoms in total. The SMILES string of the molecule is O=C(c1c[nH]c2cc3c(cc12)OCO3)N1CCNCC1. The summed E-state index contributed by atoms with van der Waals surface area (Å²) in [6, 6.07) is 3.76. The van der Waals surface area contributed by atoms with E-state index in [0.717, 1.165) is 42.8 Å². The van der Waals surface area contributed by atoms with Gasteiger partial charge >= 0.3 is 0 Å². The van der Waals surface area contributed by atoms with Crippen molar-refractivity contribution in [3.05, 3.63) is 23.9 Å². The predicted octanol–water partition coefficient (Wildman–Crippen LogP) is 0.942. The molecule has 0 bridgehead atoms. The Labute approximate surface area is 115 Å². The van der Waals surface area contributed by atoms with E-state index in [1.165, 1.54) is 0 Å². The van der Waals surface area contributed by atoms with E-state index in [-0.39, 0.29) is 12.7 Å². The molecule has 0 unspecified atom stereocenters. The molecule has 6 heteroatoms. The van der Waals surface area contributed by atoms with Gasteiger partial charge in [-0.25, -0.2) is 0 Å². The first-order chi connectivity index (χ1) is 9.83. The van der Waals surface area contributed by atoms with E-state index < -0.39 is 0 Å². The second-order valence-electron chi connectivity index (χ2n) is 5.00. The van der Waals surface area contributed by atoms with Gasteiger partial charge in [-0.05, 0) is 6.07 Å². The van der Waals surface area contributed by atoms with E-state index in [1.54, 1.807) is 6.20 Å². The highest BCUT2D eigenvalue weighted by atomic mass is 16.7. The second-order valence-corrected chi connectivity index (χ2v) is 5.00. The third-order valence-corrected chi connectivity index (χ3v) is 3.81. The van der Waals surface area contributed by atoms with Gasteiger partial charge in [0.25, 0.3) is 5.91 Å². The van der Waals surface area contributed by atoms with E-state index in [0.29, 0.717) is 11.3 Å². The third kappa shape index (κ3) is 1.72. The van der Waals surface area contributed by atoms with E-state index >= 15 is 0 Å². The maximum absolute atomic E-state index is 12.6. The van der Waals surface area contributed by atoms with Crippen LogP contribution in [0.15, 0.2) is 18.3 Å². The van der Waals surface area contributed by atoms with E-state index in [2.05, 4.69) is 10.3 Å². The molecule has 2 aliphatic heterocycles. The second kappa shape index (κ2) is 4.42. The summed E-state index contributed by atoms with van der Waals surface area (Å²) in [5.74, 6) is 1.49. The average Bonchev–Trinajstić information content (AvgIpc) is 3.10. The molecular weight excluding hydrogens is 258 g/mol. The molecule has 0 atom stereocenters. The Morgan fingerprint density at radius 2 is 1.90 bits per heavy atom. The normalized spacial score (nSPS) is 17.7. The Kier molecular flexibility index (Phi) is 2.56. The van der Waals surface area contributed by atoms with Crippen LogP contribution in [0.5, 0.6) is 11.5 Å². The predicted molar refractivity (Wildman–Crippen MR) is 73.2 cm³/mol. The zero-order valence-corrected chi connectivity index (χ0v) is 10.9. The van der Waals surface area contributed by atoms with Gasteiger partial charge < -0.3 is 24.7 Å². The zero-order chi connectivity index (χ0) is 13.5. The van der Waals surface area contributed by atoms with Crippen LogP contribution in [0.1, 0.15) is 10.4 Å². The van der Waals surface area contributed by atoms with Crippen molar-refractivity contribution < 1.29 is 14.3 Å². The summed E-state index contributed by atoms with van der Waals surface area (Å²) in [6.07, 6.45) is 1.77. The smallest absolute Gasteiger partial charge is 0.256 e. The first kappa shape index (κ1) is 11.6. The molecule has 1 aromatic carbocycles. The molecule has 1 amide bonds. The number of ether oxygens (including phenoxy) is 2. The number of piperazine rings is 1. The Balaban J connectivity index is 1.74. The standard InChI is InChI=1S/C14H15N3O3/c18-14(17-3-1-15-2-4-17)10-7-16-11-6-13-12(5-9(10)11)19-8-20-13/h5-7,15-16H,1-4,8H2. The maximum Gasteiger partial charge on any atom is 0.256 e. The highest BCUT2D eigenvalue weighted by Gasteiger charge is 2.23. The summed E-state index contributed by atoms with van der Waals surface area (Å²) in [5, 5.41) is 4.13. The van der Waals surface area contributed by atoms with Gasteiger partial charge in [0, 0.05) is 43.8 Å². The largest absolute Gasteiger partial charge is 0.454 e. The first-order valence-electron chi connectivity index (χ1n) is 6.73. The van der Waals surface area contributed by atoms with E-state index in [1.807, 2.05) is 17.0 Å². The number of amides is 1. The van der Waals surface area contributed by atoms with Gasteiger partial charge in [-0.15, -0.1) is 0 Å². The lowest BCUT2D eigenvalue weighted by molar-refractivity contribution is 0.0738. The molecule has 0 saturated carbocycles. The fourth-order valence-electron chi connectivity index (χ4n) is 2.73. The summed E-state index contributed by atoms with van der Waals surface area (Å²) in [7, 11) is 0. The summed E-state index contributed by atoms with van der Waals surface area (Å²) in [4.78, 5) is 17.6. The Bertz CT molecular complexity index is 674. The Morgan fingerprint density at radius 3 is 2.70 bits per heavy atom. The molecule has 1 saturated heterocycles. The molecule has 2 aromatic rings. The van der Waals surface area contributed by atoms with Crippen LogP contribution in [0.4, 0.5) is 0 Å². The molecule has 104 valence electrons. The van der Waals surface area contributed by atoms with Gasteiger partial charge in [0.05, 0.1) is 11.1 Å². The van der Waals surface area contributed by atoms with Crippen molar-refractivity contribution in [3.63, 3.8) is 0 Å². The minimum Gasteiger partial charge on any atom is -0.454 e. The van der Waals surface area contributed by atoms with Crippen LogP contribution in [-0.4, -0.2) is 48.8 Å². The number of aromatic amines is 1. The average molecular weight is 273 g/mol. The van der Waals surface area contributed by atoms with Crippen LogP contribution in [-0.2, 0) is 0 Å². The number of nitrogens with zero attached hydrogens (tertiary/aromatic N) is 1. The number of carbonyl (C=O) groups excluding carboxylic acids is 1. The number of nitrogens with one attached hydrogen (secondary N) is 2. The lowest BCUT2D eigenvalue weighted by Gasteiger charge is -2.27. The summed E-state index contributed by atoms with van der Waals surface area (Å²) in [6.45, 7) is 3.43. The van der Waals surface area contributed by atoms with Gasteiger partial charge in [-0.1, -0.05) is 0 Å². The molecule has 3 heterocycles. The minimum absolute atomic E-state index is 0.0663. The van der Waals surface area contributed by atoms with Gasteiger partial charge in [0.1, 0.15) is 0 Å². The number of H-pyrrole nitrogens is 1. The molecule has 20 heavy (non-hydrogen) atoms. The quantitative estimate of drug-likeness (QED) is 0.811. The number of hydrogen-bond acceptors (Lipinski definition) is 4. The van der Waals surface area contributed by atoms with Crippen LogP contribution in [0.25, 0.3) is 10.9 Å². The molecular formula is C14H15N3O3. The van der Waals surface area contributed by atoms with Crippen molar-refractivity contribution >= 4 is 16.8 Å².